The molecule has 0 bridgehead atoms. The van der Waals surface area contributed by atoms with Crippen molar-refractivity contribution in [3.05, 3.63) is 118 Å². The molecule has 8 nitrogen and oxygen atoms in total. The summed E-state index contributed by atoms with van der Waals surface area (Å²) in [5.74, 6) is -0.857. The monoisotopic (exact) mass is 701 g/mol. The van der Waals surface area contributed by atoms with Crippen LogP contribution in [0.15, 0.2) is 91.1 Å². The summed E-state index contributed by atoms with van der Waals surface area (Å²) in [6, 6.07) is 22.4. The van der Waals surface area contributed by atoms with Gasteiger partial charge in [0.05, 0.1) is 22.0 Å². The Labute approximate surface area is 277 Å². The number of hydrogen-bond acceptors (Lipinski definition) is 5. The van der Waals surface area contributed by atoms with Crippen LogP contribution in [0.4, 0.5) is 18.9 Å². The molecule has 0 aliphatic carbocycles. The Morgan fingerprint density at radius 3 is 2.21 bits per heavy atom. The Kier molecular flexibility index (Phi) is 9.66. The topological polar surface area (TPSA) is 111 Å². The molecule has 47 heavy (non-hydrogen) atoms. The quantitative estimate of drug-likeness (QED) is 0.150. The summed E-state index contributed by atoms with van der Waals surface area (Å²) in [7, 11) is -5.83. The third-order valence-corrected chi connectivity index (χ3v) is 8.53. The number of aromatic nitrogens is 2. The standard InChI is InChI=1S/C33H24Cl2F3N3O5S/c1-2-41-19-29(26-14-11-24(34)18-27(26)35)39-31(41)16-5-20-3-6-21(7-4-20)22-8-12-25(13-9-22)46-30-15-10-23(32(42)43)17-28(30)40-47(44,45)33(36,37)38/h3-19,40H,2H2,1H3,(H,42,43)/b16-5+. The third-order valence-electron chi connectivity index (χ3n) is 6.88. The number of nitrogens with one attached hydrogen (secondary N) is 1. The maximum Gasteiger partial charge on any atom is 0.516 e. The van der Waals surface area contributed by atoms with Crippen molar-refractivity contribution in [2.75, 3.05) is 4.72 Å². The number of hydrogen-bond donors (Lipinski definition) is 2. The van der Waals surface area contributed by atoms with Crippen molar-refractivity contribution in [2.24, 2.45) is 0 Å². The highest BCUT2D eigenvalue weighted by atomic mass is 35.5. The lowest BCUT2D eigenvalue weighted by Crippen LogP contribution is -2.30. The Balaban J connectivity index is 1.31. The summed E-state index contributed by atoms with van der Waals surface area (Å²) in [5, 5.41) is 10.3. The largest absolute Gasteiger partial charge is 0.516 e. The van der Waals surface area contributed by atoms with Crippen LogP contribution in [0.2, 0.25) is 10.0 Å². The molecule has 0 atom stereocenters. The van der Waals surface area contributed by atoms with Crippen molar-refractivity contribution in [1.29, 1.82) is 0 Å². The number of alkyl halides is 3. The van der Waals surface area contributed by atoms with E-state index in [0.29, 0.717) is 16.6 Å². The maximum absolute atomic E-state index is 13.0. The fourth-order valence-corrected chi connectivity index (χ4v) is 5.55. The van der Waals surface area contributed by atoms with Crippen LogP contribution in [0, 0.1) is 0 Å². The molecule has 5 aromatic rings. The number of benzene rings is 4. The van der Waals surface area contributed by atoms with Gasteiger partial charge in [-0.15, -0.1) is 0 Å². The van der Waals surface area contributed by atoms with E-state index in [0.717, 1.165) is 52.0 Å². The van der Waals surface area contributed by atoms with E-state index in [1.54, 1.807) is 36.4 Å². The number of halogens is 5. The zero-order valence-corrected chi connectivity index (χ0v) is 26.6. The molecule has 14 heteroatoms. The summed E-state index contributed by atoms with van der Waals surface area (Å²) in [5.41, 5.74) is -2.64. The predicted octanol–water partition coefficient (Wildman–Crippen LogP) is 9.47. The number of carboxylic acids is 1. The number of nitrogens with zero attached hydrogens (tertiary/aromatic N) is 2. The van der Waals surface area contributed by atoms with Crippen molar-refractivity contribution >= 4 is 57.0 Å². The van der Waals surface area contributed by atoms with E-state index in [1.165, 1.54) is 4.72 Å². The van der Waals surface area contributed by atoms with Gasteiger partial charge in [-0.1, -0.05) is 65.7 Å². The molecule has 1 aromatic heterocycles. The summed E-state index contributed by atoms with van der Waals surface area (Å²) < 4.78 is 71.3. The van der Waals surface area contributed by atoms with Gasteiger partial charge in [0.15, 0.2) is 5.75 Å². The molecule has 2 N–H and O–H groups in total. The van der Waals surface area contributed by atoms with E-state index < -0.39 is 32.8 Å². The molecule has 0 amide bonds. The molecule has 4 aromatic carbocycles. The molecule has 0 fully saturated rings. The van der Waals surface area contributed by atoms with Crippen molar-refractivity contribution in [2.45, 2.75) is 19.0 Å². The minimum atomic E-state index is -5.83. The minimum absolute atomic E-state index is 0.175. The number of anilines is 1. The Hall–Kier alpha value is -4.78. The number of rotatable bonds is 10. The molecule has 0 spiro atoms. The molecule has 0 unspecified atom stereocenters. The van der Waals surface area contributed by atoms with Crippen LogP contribution in [-0.4, -0.2) is 34.6 Å². The second-order valence-corrected chi connectivity index (χ2v) is 12.6. The molecule has 0 saturated heterocycles. The van der Waals surface area contributed by atoms with E-state index in [1.807, 2.05) is 60.2 Å². The Morgan fingerprint density at radius 1 is 0.957 bits per heavy atom. The van der Waals surface area contributed by atoms with Gasteiger partial charge in [-0.05, 0) is 78.2 Å². The zero-order valence-electron chi connectivity index (χ0n) is 24.3. The zero-order chi connectivity index (χ0) is 33.9. The first-order valence-electron chi connectivity index (χ1n) is 13.8. The summed E-state index contributed by atoms with van der Waals surface area (Å²) >= 11 is 12.4. The van der Waals surface area contributed by atoms with Gasteiger partial charge >= 0.3 is 21.5 Å². The van der Waals surface area contributed by atoms with Crippen LogP contribution in [0.25, 0.3) is 34.5 Å². The fourth-order valence-electron chi connectivity index (χ4n) is 4.48. The molecular weight excluding hydrogens is 678 g/mol. The molecule has 242 valence electrons. The number of ether oxygens (including phenoxy) is 1. The number of carboxylic acid groups (broad SMARTS) is 1. The highest BCUT2D eigenvalue weighted by Crippen LogP contribution is 2.35. The lowest BCUT2D eigenvalue weighted by molar-refractivity contribution is -0.0429. The second-order valence-electron chi connectivity index (χ2n) is 10.0. The molecule has 5 rings (SSSR count). The fraction of sp³-hybridized carbons (Fsp3) is 0.0909. The van der Waals surface area contributed by atoms with Gasteiger partial charge in [0.1, 0.15) is 11.6 Å². The van der Waals surface area contributed by atoms with E-state index in [-0.39, 0.29) is 11.5 Å². The number of sulfonamides is 1. The first kappa shape index (κ1) is 33.6. The van der Waals surface area contributed by atoms with Crippen molar-refractivity contribution < 1.29 is 36.2 Å². The van der Waals surface area contributed by atoms with Crippen LogP contribution in [0.3, 0.4) is 0 Å². The maximum atomic E-state index is 13.0. The van der Waals surface area contributed by atoms with Crippen LogP contribution < -0.4 is 9.46 Å². The Morgan fingerprint density at radius 2 is 1.62 bits per heavy atom. The van der Waals surface area contributed by atoms with Gasteiger partial charge in [-0.3, -0.25) is 4.72 Å². The first-order valence-corrected chi connectivity index (χ1v) is 16.0. The number of imidazole rings is 1. The highest BCUT2D eigenvalue weighted by Gasteiger charge is 2.46. The van der Waals surface area contributed by atoms with Gasteiger partial charge in [-0.25, -0.2) is 9.78 Å². The SMILES string of the molecule is CCn1cc(-c2ccc(Cl)cc2Cl)nc1/C=C/c1ccc(-c2ccc(Oc3ccc(C(=O)O)cc3NS(=O)(=O)C(F)(F)F)cc2)cc1. The van der Waals surface area contributed by atoms with Crippen molar-refractivity contribution in [3.8, 4) is 33.9 Å². The van der Waals surface area contributed by atoms with Gasteiger partial charge in [0, 0.05) is 23.3 Å². The normalized spacial score (nSPS) is 12.0. The van der Waals surface area contributed by atoms with Gasteiger partial charge in [0.25, 0.3) is 0 Å². The van der Waals surface area contributed by atoms with Gasteiger partial charge < -0.3 is 14.4 Å². The number of aromatic carboxylic acids is 1. The van der Waals surface area contributed by atoms with Crippen LogP contribution in [0.1, 0.15) is 28.7 Å². The summed E-state index contributed by atoms with van der Waals surface area (Å²) in [6.45, 7) is 2.72. The number of aryl methyl sites for hydroxylation is 1. The lowest BCUT2D eigenvalue weighted by Gasteiger charge is -2.15. The first-order chi connectivity index (χ1) is 22.2. The highest BCUT2D eigenvalue weighted by molar-refractivity contribution is 7.93. The molecule has 0 saturated carbocycles. The second kappa shape index (κ2) is 13.5. The molecule has 0 radical (unpaired) electrons. The van der Waals surface area contributed by atoms with E-state index in [9.17, 15) is 31.5 Å². The van der Waals surface area contributed by atoms with Crippen LogP contribution in [0.5, 0.6) is 11.5 Å². The van der Waals surface area contributed by atoms with Gasteiger partial charge in [0.2, 0.25) is 0 Å². The predicted molar refractivity (Wildman–Crippen MR) is 176 cm³/mol. The molecular formula is C33H24Cl2F3N3O5S. The van der Waals surface area contributed by atoms with Crippen LogP contribution in [-0.2, 0) is 16.6 Å². The van der Waals surface area contributed by atoms with E-state index in [4.69, 9.17) is 32.9 Å². The Bertz CT molecular complexity index is 2080. The summed E-state index contributed by atoms with van der Waals surface area (Å²) in [4.78, 5) is 16.1. The van der Waals surface area contributed by atoms with E-state index >= 15 is 0 Å². The molecule has 1 heterocycles. The summed E-state index contributed by atoms with van der Waals surface area (Å²) in [6.07, 6.45) is 5.77. The van der Waals surface area contributed by atoms with Crippen LogP contribution >= 0.6 is 23.2 Å². The van der Waals surface area contributed by atoms with Crippen molar-refractivity contribution in [3.63, 3.8) is 0 Å². The van der Waals surface area contributed by atoms with Crippen molar-refractivity contribution in [1.82, 2.24) is 9.55 Å². The smallest absolute Gasteiger partial charge is 0.478 e. The van der Waals surface area contributed by atoms with E-state index in [2.05, 4.69) is 0 Å². The molecule has 0 aliphatic rings. The average molecular weight is 703 g/mol. The number of carbonyl (C=O) groups is 1. The third kappa shape index (κ3) is 7.79. The van der Waals surface area contributed by atoms with Gasteiger partial charge in [-0.2, -0.15) is 21.6 Å². The minimum Gasteiger partial charge on any atom is -0.478 e. The lowest BCUT2D eigenvalue weighted by atomic mass is 10.0. The molecule has 0 aliphatic heterocycles. The average Bonchev–Trinajstić information content (AvgIpc) is 3.43.